The van der Waals surface area contributed by atoms with Crippen molar-refractivity contribution in [3.05, 3.63) is 11.6 Å². The Labute approximate surface area is 67.5 Å². The van der Waals surface area contributed by atoms with Crippen LogP contribution in [0.2, 0.25) is 0 Å². The standard InChI is InChI=1S/C9H15NO/c1-7-3-2-4-8(5-7)6-9(10)11/h6-7H,2-5H2,1H3,(H2,10,11)/b8-6-. The SMILES string of the molecule is CC1CCC/C(=C/C(N)=O)C1. The summed E-state index contributed by atoms with van der Waals surface area (Å²) in [5, 5.41) is 0. The maximum atomic E-state index is 10.5. The van der Waals surface area contributed by atoms with Gasteiger partial charge in [0.25, 0.3) is 0 Å². The molecule has 1 rings (SSSR count). The van der Waals surface area contributed by atoms with E-state index in [0.29, 0.717) is 0 Å². The van der Waals surface area contributed by atoms with Gasteiger partial charge >= 0.3 is 0 Å². The van der Waals surface area contributed by atoms with Crippen LogP contribution in [-0.4, -0.2) is 5.91 Å². The van der Waals surface area contributed by atoms with E-state index >= 15 is 0 Å². The molecule has 1 saturated carbocycles. The van der Waals surface area contributed by atoms with Gasteiger partial charge in [0.15, 0.2) is 0 Å². The molecule has 2 heteroatoms. The second-order valence-electron chi connectivity index (χ2n) is 3.41. The first-order chi connectivity index (χ1) is 5.18. The average Bonchev–Trinajstić information content (AvgIpc) is 1.85. The summed E-state index contributed by atoms with van der Waals surface area (Å²) >= 11 is 0. The van der Waals surface area contributed by atoms with Crippen LogP contribution >= 0.6 is 0 Å². The van der Waals surface area contributed by atoms with Crippen molar-refractivity contribution in [1.29, 1.82) is 0 Å². The molecule has 0 aromatic heterocycles. The monoisotopic (exact) mass is 153 g/mol. The van der Waals surface area contributed by atoms with Crippen LogP contribution in [-0.2, 0) is 4.79 Å². The zero-order chi connectivity index (χ0) is 8.27. The first-order valence-electron chi connectivity index (χ1n) is 4.17. The number of nitrogens with two attached hydrogens (primary N) is 1. The first kappa shape index (κ1) is 8.31. The molecule has 1 aliphatic rings. The Morgan fingerprint density at radius 3 is 3.00 bits per heavy atom. The van der Waals surface area contributed by atoms with E-state index in [1.807, 2.05) is 0 Å². The first-order valence-corrected chi connectivity index (χ1v) is 4.17. The fraction of sp³-hybridized carbons (Fsp3) is 0.667. The van der Waals surface area contributed by atoms with E-state index in [4.69, 9.17) is 5.73 Å². The molecule has 0 saturated heterocycles. The predicted octanol–water partition coefficient (Wildman–Crippen LogP) is 1.61. The van der Waals surface area contributed by atoms with E-state index in [1.54, 1.807) is 6.08 Å². The Bertz CT molecular complexity index is 184. The van der Waals surface area contributed by atoms with Crippen LogP contribution in [0.25, 0.3) is 0 Å². The van der Waals surface area contributed by atoms with E-state index < -0.39 is 0 Å². The third kappa shape index (κ3) is 2.74. The van der Waals surface area contributed by atoms with Gasteiger partial charge in [-0.2, -0.15) is 0 Å². The summed E-state index contributed by atoms with van der Waals surface area (Å²) < 4.78 is 0. The van der Waals surface area contributed by atoms with Crippen LogP contribution in [0.15, 0.2) is 11.6 Å². The summed E-state index contributed by atoms with van der Waals surface area (Å²) in [6.07, 6.45) is 6.21. The van der Waals surface area contributed by atoms with E-state index in [9.17, 15) is 4.79 Å². The summed E-state index contributed by atoms with van der Waals surface area (Å²) in [6.45, 7) is 2.22. The van der Waals surface area contributed by atoms with Gasteiger partial charge in [-0.25, -0.2) is 0 Å². The third-order valence-corrected chi connectivity index (χ3v) is 2.15. The minimum absolute atomic E-state index is 0.297. The summed E-state index contributed by atoms with van der Waals surface area (Å²) in [6, 6.07) is 0. The highest BCUT2D eigenvalue weighted by Gasteiger charge is 2.12. The third-order valence-electron chi connectivity index (χ3n) is 2.15. The Balaban J connectivity index is 2.52. The van der Waals surface area contributed by atoms with Gasteiger partial charge < -0.3 is 5.73 Å². The molecule has 0 aromatic carbocycles. The number of carbonyl (C=O) groups is 1. The van der Waals surface area contributed by atoms with Crippen LogP contribution in [0.3, 0.4) is 0 Å². The molecule has 1 amide bonds. The zero-order valence-electron chi connectivity index (χ0n) is 6.97. The molecule has 11 heavy (non-hydrogen) atoms. The molecule has 0 radical (unpaired) electrons. The number of primary amides is 1. The number of amides is 1. The van der Waals surface area contributed by atoms with Gasteiger partial charge in [-0.3, -0.25) is 4.79 Å². The average molecular weight is 153 g/mol. The van der Waals surface area contributed by atoms with Crippen molar-refractivity contribution in [1.82, 2.24) is 0 Å². The maximum absolute atomic E-state index is 10.5. The fourth-order valence-electron chi connectivity index (χ4n) is 1.66. The molecule has 0 spiro atoms. The summed E-state index contributed by atoms with van der Waals surface area (Å²) in [5.74, 6) is 0.434. The van der Waals surface area contributed by atoms with Crippen LogP contribution in [0.5, 0.6) is 0 Å². The molecular weight excluding hydrogens is 138 g/mol. The Kier molecular flexibility index (Phi) is 2.69. The molecule has 62 valence electrons. The quantitative estimate of drug-likeness (QED) is 0.571. The van der Waals surface area contributed by atoms with Gasteiger partial charge in [-0.15, -0.1) is 0 Å². The molecular formula is C9H15NO. The fourth-order valence-corrected chi connectivity index (χ4v) is 1.66. The molecule has 1 fully saturated rings. The number of hydrogen-bond donors (Lipinski definition) is 1. The molecule has 2 nitrogen and oxygen atoms in total. The minimum Gasteiger partial charge on any atom is -0.366 e. The molecule has 0 aliphatic heterocycles. The minimum atomic E-state index is -0.297. The van der Waals surface area contributed by atoms with Crippen molar-refractivity contribution >= 4 is 5.91 Å². The summed E-state index contributed by atoms with van der Waals surface area (Å²) in [7, 11) is 0. The normalized spacial score (nSPS) is 28.8. The molecule has 0 bridgehead atoms. The predicted molar refractivity (Wildman–Crippen MR) is 44.9 cm³/mol. The highest BCUT2D eigenvalue weighted by molar-refractivity contribution is 5.86. The van der Waals surface area contributed by atoms with Crippen LogP contribution < -0.4 is 5.73 Å². The van der Waals surface area contributed by atoms with Gasteiger partial charge in [0.05, 0.1) is 0 Å². The van der Waals surface area contributed by atoms with E-state index in [-0.39, 0.29) is 5.91 Å². The number of hydrogen-bond acceptors (Lipinski definition) is 1. The Morgan fingerprint density at radius 1 is 1.73 bits per heavy atom. The van der Waals surface area contributed by atoms with Gasteiger partial charge in [0, 0.05) is 6.08 Å². The van der Waals surface area contributed by atoms with Crippen molar-refractivity contribution in [2.24, 2.45) is 11.7 Å². The lowest BCUT2D eigenvalue weighted by Gasteiger charge is -2.19. The van der Waals surface area contributed by atoms with Gasteiger partial charge in [-0.1, -0.05) is 18.9 Å². The molecule has 1 aliphatic carbocycles. The maximum Gasteiger partial charge on any atom is 0.241 e. The molecule has 1 unspecified atom stereocenters. The van der Waals surface area contributed by atoms with Gasteiger partial charge in [0.1, 0.15) is 0 Å². The summed E-state index contributed by atoms with van der Waals surface area (Å²) in [4.78, 5) is 10.5. The van der Waals surface area contributed by atoms with E-state index in [2.05, 4.69) is 6.92 Å². The number of rotatable bonds is 1. The van der Waals surface area contributed by atoms with Crippen LogP contribution in [0.4, 0.5) is 0 Å². The lowest BCUT2D eigenvalue weighted by Crippen LogP contribution is -2.11. The second kappa shape index (κ2) is 3.56. The molecule has 1 atom stereocenters. The Hall–Kier alpha value is -0.790. The zero-order valence-corrected chi connectivity index (χ0v) is 6.97. The van der Waals surface area contributed by atoms with Gasteiger partial charge in [0.2, 0.25) is 5.91 Å². The van der Waals surface area contributed by atoms with Crippen LogP contribution in [0.1, 0.15) is 32.6 Å². The Morgan fingerprint density at radius 2 is 2.45 bits per heavy atom. The topological polar surface area (TPSA) is 43.1 Å². The smallest absolute Gasteiger partial charge is 0.241 e. The van der Waals surface area contributed by atoms with Gasteiger partial charge in [-0.05, 0) is 25.2 Å². The summed E-state index contributed by atoms with van der Waals surface area (Å²) in [5.41, 5.74) is 6.29. The molecule has 0 heterocycles. The van der Waals surface area contributed by atoms with E-state index in [0.717, 1.165) is 18.8 Å². The highest BCUT2D eigenvalue weighted by Crippen LogP contribution is 2.27. The largest absolute Gasteiger partial charge is 0.366 e. The lowest BCUT2D eigenvalue weighted by molar-refractivity contribution is -0.113. The van der Waals surface area contributed by atoms with Crippen molar-refractivity contribution in [2.75, 3.05) is 0 Å². The molecule has 0 aromatic rings. The van der Waals surface area contributed by atoms with Crippen molar-refractivity contribution in [2.45, 2.75) is 32.6 Å². The van der Waals surface area contributed by atoms with Crippen molar-refractivity contribution < 1.29 is 4.79 Å². The van der Waals surface area contributed by atoms with Crippen molar-refractivity contribution in [3.63, 3.8) is 0 Å². The van der Waals surface area contributed by atoms with Crippen LogP contribution in [0, 0.1) is 5.92 Å². The highest BCUT2D eigenvalue weighted by atomic mass is 16.1. The molecule has 2 N–H and O–H groups in total. The van der Waals surface area contributed by atoms with Crippen molar-refractivity contribution in [3.8, 4) is 0 Å². The number of allylic oxidation sites excluding steroid dienone is 1. The second-order valence-corrected chi connectivity index (χ2v) is 3.41. The van der Waals surface area contributed by atoms with E-state index in [1.165, 1.54) is 18.4 Å². The number of carbonyl (C=O) groups excluding carboxylic acids is 1. The lowest BCUT2D eigenvalue weighted by atomic mass is 9.86.